The molecule has 0 aliphatic carbocycles. The number of carbonyl (C=O) groups excluding carboxylic acids is 1. The zero-order valence-corrected chi connectivity index (χ0v) is 14.3. The smallest absolute Gasteiger partial charge is 0.270 e. The van der Waals surface area contributed by atoms with Gasteiger partial charge in [-0.3, -0.25) is 4.79 Å². The summed E-state index contributed by atoms with van der Waals surface area (Å²) in [7, 11) is 0. The number of benzene rings is 1. The average molecular weight is 312 g/mol. The number of rotatable bonds is 6. The molecule has 5 nitrogen and oxygen atoms in total. The summed E-state index contributed by atoms with van der Waals surface area (Å²) >= 11 is 0. The maximum atomic E-state index is 12.4. The summed E-state index contributed by atoms with van der Waals surface area (Å²) in [5, 5.41) is 2.92. The summed E-state index contributed by atoms with van der Waals surface area (Å²) in [5.41, 5.74) is 3.47. The Labute approximate surface area is 137 Å². The van der Waals surface area contributed by atoms with Crippen LogP contribution in [0.5, 0.6) is 0 Å². The number of aromatic nitrogens is 2. The van der Waals surface area contributed by atoms with Crippen LogP contribution in [0.1, 0.15) is 41.2 Å². The van der Waals surface area contributed by atoms with E-state index in [0.29, 0.717) is 18.2 Å². The molecule has 0 atom stereocenters. The summed E-state index contributed by atoms with van der Waals surface area (Å²) in [6.45, 7) is 10.1. The Bertz CT molecular complexity index is 663. The van der Waals surface area contributed by atoms with E-state index in [1.165, 1.54) is 5.56 Å². The molecular weight excluding hydrogens is 288 g/mol. The van der Waals surface area contributed by atoms with Gasteiger partial charge in [0, 0.05) is 25.3 Å². The number of hydrogen-bond acceptors (Lipinski definition) is 4. The molecule has 23 heavy (non-hydrogen) atoms. The molecule has 0 spiro atoms. The Morgan fingerprint density at radius 1 is 1.09 bits per heavy atom. The van der Waals surface area contributed by atoms with E-state index in [9.17, 15) is 4.79 Å². The van der Waals surface area contributed by atoms with Crippen LogP contribution in [0.15, 0.2) is 30.3 Å². The Morgan fingerprint density at radius 2 is 1.74 bits per heavy atom. The molecule has 122 valence electrons. The predicted octanol–water partition coefficient (Wildman–Crippen LogP) is 2.87. The second kappa shape index (κ2) is 7.72. The van der Waals surface area contributed by atoms with Gasteiger partial charge in [-0.15, -0.1) is 0 Å². The third-order valence-corrected chi connectivity index (χ3v) is 3.70. The molecule has 0 saturated carbocycles. The van der Waals surface area contributed by atoms with Gasteiger partial charge in [0.1, 0.15) is 5.69 Å². The van der Waals surface area contributed by atoms with Crippen LogP contribution in [-0.2, 0) is 6.54 Å². The van der Waals surface area contributed by atoms with Crippen LogP contribution in [0.4, 0.5) is 5.95 Å². The van der Waals surface area contributed by atoms with Crippen molar-refractivity contribution in [2.45, 2.75) is 34.2 Å². The molecule has 5 heteroatoms. The fourth-order valence-corrected chi connectivity index (χ4v) is 2.30. The number of anilines is 1. The van der Waals surface area contributed by atoms with E-state index < -0.39 is 0 Å². The summed E-state index contributed by atoms with van der Waals surface area (Å²) in [6.07, 6.45) is 0. The molecule has 1 heterocycles. The molecule has 0 bridgehead atoms. The minimum absolute atomic E-state index is 0.176. The first-order chi connectivity index (χ1) is 11.0. The fraction of sp³-hybridized carbons (Fsp3) is 0.389. The number of hydrogen-bond donors (Lipinski definition) is 1. The highest BCUT2D eigenvalue weighted by Crippen LogP contribution is 2.10. The van der Waals surface area contributed by atoms with Crippen LogP contribution in [0.2, 0.25) is 0 Å². The van der Waals surface area contributed by atoms with Crippen LogP contribution < -0.4 is 10.2 Å². The fourth-order valence-electron chi connectivity index (χ4n) is 2.30. The lowest BCUT2D eigenvalue weighted by Gasteiger charge is -2.19. The third-order valence-electron chi connectivity index (χ3n) is 3.70. The number of carbonyl (C=O) groups is 1. The van der Waals surface area contributed by atoms with Crippen LogP contribution >= 0.6 is 0 Å². The van der Waals surface area contributed by atoms with Gasteiger partial charge >= 0.3 is 0 Å². The van der Waals surface area contributed by atoms with Crippen molar-refractivity contribution in [3.05, 3.63) is 52.8 Å². The molecule has 0 radical (unpaired) electrons. The van der Waals surface area contributed by atoms with Crippen molar-refractivity contribution in [3.8, 4) is 0 Å². The van der Waals surface area contributed by atoms with Gasteiger partial charge in [-0.25, -0.2) is 9.97 Å². The molecule has 2 aromatic rings. The Kier molecular flexibility index (Phi) is 5.68. The van der Waals surface area contributed by atoms with E-state index in [-0.39, 0.29) is 5.91 Å². The lowest BCUT2D eigenvalue weighted by molar-refractivity contribution is 0.0945. The molecule has 0 fully saturated rings. The second-order valence-electron chi connectivity index (χ2n) is 5.54. The highest BCUT2D eigenvalue weighted by molar-refractivity contribution is 5.92. The minimum atomic E-state index is -0.176. The molecule has 0 saturated heterocycles. The van der Waals surface area contributed by atoms with Crippen LogP contribution in [0, 0.1) is 13.8 Å². The van der Waals surface area contributed by atoms with Gasteiger partial charge in [-0.2, -0.15) is 0 Å². The van der Waals surface area contributed by atoms with Crippen molar-refractivity contribution >= 4 is 11.9 Å². The van der Waals surface area contributed by atoms with Gasteiger partial charge in [0.15, 0.2) is 0 Å². The van der Waals surface area contributed by atoms with E-state index in [4.69, 9.17) is 0 Å². The monoisotopic (exact) mass is 312 g/mol. The highest BCUT2D eigenvalue weighted by Gasteiger charge is 2.13. The lowest BCUT2D eigenvalue weighted by Crippen LogP contribution is -2.28. The van der Waals surface area contributed by atoms with Crippen molar-refractivity contribution in [2.75, 3.05) is 18.0 Å². The molecule has 0 aliphatic heterocycles. The van der Waals surface area contributed by atoms with Gasteiger partial charge in [0.05, 0.1) is 0 Å². The first-order valence-corrected chi connectivity index (χ1v) is 7.97. The van der Waals surface area contributed by atoms with Crippen LogP contribution in [-0.4, -0.2) is 29.0 Å². The minimum Gasteiger partial charge on any atom is -0.347 e. The van der Waals surface area contributed by atoms with Crippen molar-refractivity contribution in [2.24, 2.45) is 0 Å². The molecule has 0 unspecified atom stereocenters. The van der Waals surface area contributed by atoms with Crippen molar-refractivity contribution in [1.82, 2.24) is 15.3 Å². The number of amides is 1. The maximum Gasteiger partial charge on any atom is 0.270 e. The van der Waals surface area contributed by atoms with E-state index in [1.54, 1.807) is 6.07 Å². The molecule has 1 aromatic carbocycles. The number of nitrogens with zero attached hydrogens (tertiary/aromatic N) is 3. The molecule has 1 N–H and O–H groups in total. The van der Waals surface area contributed by atoms with E-state index in [0.717, 1.165) is 24.3 Å². The molecule has 1 aromatic heterocycles. The zero-order valence-electron chi connectivity index (χ0n) is 14.3. The van der Waals surface area contributed by atoms with Gasteiger partial charge < -0.3 is 10.2 Å². The third kappa shape index (κ3) is 4.52. The Balaban J connectivity index is 2.10. The molecule has 1 amide bonds. The average Bonchev–Trinajstić information content (AvgIpc) is 2.54. The summed E-state index contributed by atoms with van der Waals surface area (Å²) in [4.78, 5) is 23.2. The normalized spacial score (nSPS) is 10.4. The molecule has 0 aliphatic rings. The number of nitrogens with one attached hydrogen (secondary N) is 1. The Hall–Kier alpha value is -2.43. The van der Waals surface area contributed by atoms with E-state index >= 15 is 0 Å². The van der Waals surface area contributed by atoms with Crippen molar-refractivity contribution in [1.29, 1.82) is 0 Å². The van der Waals surface area contributed by atoms with E-state index in [2.05, 4.69) is 15.3 Å². The topological polar surface area (TPSA) is 58.1 Å². The quantitative estimate of drug-likeness (QED) is 0.891. The predicted molar refractivity (Wildman–Crippen MR) is 92.7 cm³/mol. The standard InChI is InChI=1S/C18H24N4O/c1-5-22(6-2)18-20-14(4)11-16(21-18)17(23)19-12-15-9-7-13(3)8-10-15/h7-11H,5-6,12H2,1-4H3,(H,19,23). The zero-order chi connectivity index (χ0) is 16.8. The van der Waals surface area contributed by atoms with Gasteiger partial charge in [-0.1, -0.05) is 29.8 Å². The van der Waals surface area contributed by atoms with Crippen LogP contribution in [0.3, 0.4) is 0 Å². The van der Waals surface area contributed by atoms with Gasteiger partial charge in [0.25, 0.3) is 5.91 Å². The second-order valence-corrected chi connectivity index (χ2v) is 5.54. The first-order valence-electron chi connectivity index (χ1n) is 7.97. The highest BCUT2D eigenvalue weighted by atomic mass is 16.1. The van der Waals surface area contributed by atoms with Gasteiger partial charge in [0.2, 0.25) is 5.95 Å². The Morgan fingerprint density at radius 3 is 2.35 bits per heavy atom. The summed E-state index contributed by atoms with van der Waals surface area (Å²) < 4.78 is 0. The first kappa shape index (κ1) is 16.9. The van der Waals surface area contributed by atoms with Crippen molar-refractivity contribution < 1.29 is 4.79 Å². The summed E-state index contributed by atoms with van der Waals surface area (Å²) in [6, 6.07) is 9.82. The molecule has 2 rings (SSSR count). The lowest BCUT2D eigenvalue weighted by atomic mass is 10.1. The van der Waals surface area contributed by atoms with E-state index in [1.807, 2.05) is 56.9 Å². The van der Waals surface area contributed by atoms with Gasteiger partial charge in [-0.05, 0) is 39.3 Å². The summed E-state index contributed by atoms with van der Waals surface area (Å²) in [5.74, 6) is 0.431. The van der Waals surface area contributed by atoms with Crippen LogP contribution in [0.25, 0.3) is 0 Å². The molecular formula is C18H24N4O. The number of aryl methyl sites for hydroxylation is 2. The SMILES string of the molecule is CCN(CC)c1nc(C)cc(C(=O)NCc2ccc(C)cc2)n1. The maximum absolute atomic E-state index is 12.4. The van der Waals surface area contributed by atoms with Crippen molar-refractivity contribution in [3.63, 3.8) is 0 Å². The largest absolute Gasteiger partial charge is 0.347 e.